The van der Waals surface area contributed by atoms with E-state index in [2.05, 4.69) is 15.4 Å². The first-order valence-electron chi connectivity index (χ1n) is 11.2. The van der Waals surface area contributed by atoms with Crippen LogP contribution in [0, 0.1) is 12.7 Å². The van der Waals surface area contributed by atoms with E-state index in [1.165, 1.54) is 6.07 Å². The lowest BCUT2D eigenvalue weighted by atomic mass is 9.96. The average Bonchev–Trinajstić information content (AvgIpc) is 3.62. The van der Waals surface area contributed by atoms with Gasteiger partial charge in [-0.3, -0.25) is 14.3 Å². The molecule has 0 aliphatic heterocycles. The second kappa shape index (κ2) is 9.87. The van der Waals surface area contributed by atoms with Crippen LogP contribution < -0.4 is 15.4 Å². The maximum atomic E-state index is 14.5. The van der Waals surface area contributed by atoms with E-state index in [0.29, 0.717) is 27.9 Å². The lowest BCUT2D eigenvalue weighted by Crippen LogP contribution is -2.25. The van der Waals surface area contributed by atoms with Crippen LogP contribution in [0.2, 0.25) is 0 Å². The van der Waals surface area contributed by atoms with Gasteiger partial charge in [0.2, 0.25) is 10.0 Å². The Morgan fingerprint density at radius 3 is 2.34 bits per heavy atom. The van der Waals surface area contributed by atoms with Gasteiger partial charge in [0.05, 0.1) is 6.26 Å². The van der Waals surface area contributed by atoms with Crippen molar-refractivity contribution in [1.82, 2.24) is 10.6 Å². The molecule has 3 N–H and O–H groups in total. The number of hydrogen-bond donors (Lipinski definition) is 3. The molecule has 1 fully saturated rings. The first-order valence-corrected chi connectivity index (χ1v) is 13.0. The molecule has 0 spiro atoms. The molecular formula is C26H26FN3O4S. The van der Waals surface area contributed by atoms with Crippen molar-refractivity contribution in [2.24, 2.45) is 0 Å². The number of sulfonamides is 1. The van der Waals surface area contributed by atoms with Gasteiger partial charge in [0.25, 0.3) is 11.8 Å². The molecule has 35 heavy (non-hydrogen) atoms. The van der Waals surface area contributed by atoms with Crippen LogP contribution in [0.5, 0.6) is 0 Å². The predicted octanol–water partition coefficient (Wildman–Crippen LogP) is 3.99. The molecule has 0 heterocycles. The number of amides is 2. The monoisotopic (exact) mass is 495 g/mol. The minimum atomic E-state index is -3.39. The van der Waals surface area contributed by atoms with Gasteiger partial charge in [-0.25, -0.2) is 12.8 Å². The Kier molecular flexibility index (Phi) is 6.88. The van der Waals surface area contributed by atoms with Crippen LogP contribution in [-0.4, -0.2) is 32.5 Å². The zero-order chi connectivity index (χ0) is 25.2. The van der Waals surface area contributed by atoms with Crippen LogP contribution in [0.3, 0.4) is 0 Å². The summed E-state index contributed by atoms with van der Waals surface area (Å²) in [5.74, 6) is -1.06. The molecule has 0 radical (unpaired) electrons. The van der Waals surface area contributed by atoms with Gasteiger partial charge in [0.1, 0.15) is 5.82 Å². The molecule has 2 amide bonds. The Morgan fingerprint density at radius 2 is 1.69 bits per heavy atom. The summed E-state index contributed by atoms with van der Waals surface area (Å²) in [6.07, 6.45) is 2.96. The topological polar surface area (TPSA) is 104 Å². The van der Waals surface area contributed by atoms with E-state index in [1.807, 2.05) is 0 Å². The summed E-state index contributed by atoms with van der Waals surface area (Å²) < 4.78 is 39.8. The smallest absolute Gasteiger partial charge is 0.251 e. The molecule has 3 aromatic rings. The van der Waals surface area contributed by atoms with Crippen molar-refractivity contribution in [1.29, 1.82) is 0 Å². The number of benzene rings is 3. The number of rotatable bonds is 8. The average molecular weight is 496 g/mol. The minimum absolute atomic E-state index is 0.173. The number of nitrogens with one attached hydrogen (secondary N) is 3. The van der Waals surface area contributed by atoms with Gasteiger partial charge in [0, 0.05) is 29.4 Å². The van der Waals surface area contributed by atoms with Crippen LogP contribution in [0.25, 0.3) is 11.1 Å². The van der Waals surface area contributed by atoms with Crippen molar-refractivity contribution >= 4 is 27.5 Å². The first kappa shape index (κ1) is 24.4. The van der Waals surface area contributed by atoms with E-state index in [1.54, 1.807) is 61.5 Å². The normalized spacial score (nSPS) is 13.2. The summed E-state index contributed by atoms with van der Waals surface area (Å²) >= 11 is 0. The quantitative estimate of drug-likeness (QED) is 0.439. The highest BCUT2D eigenvalue weighted by Gasteiger charge is 2.24. The van der Waals surface area contributed by atoms with Gasteiger partial charge in [-0.15, -0.1) is 0 Å². The second-order valence-electron chi connectivity index (χ2n) is 8.71. The van der Waals surface area contributed by atoms with Gasteiger partial charge in [-0.05, 0) is 78.4 Å². The molecule has 4 rings (SSSR count). The molecule has 0 unspecified atom stereocenters. The summed E-state index contributed by atoms with van der Waals surface area (Å²) in [6, 6.07) is 16.6. The van der Waals surface area contributed by atoms with E-state index >= 15 is 0 Å². The summed E-state index contributed by atoms with van der Waals surface area (Å²) in [7, 11) is -3.39. The fourth-order valence-electron chi connectivity index (χ4n) is 3.65. The van der Waals surface area contributed by atoms with E-state index in [4.69, 9.17) is 0 Å². The lowest BCUT2D eigenvalue weighted by molar-refractivity contribution is 0.0942. The van der Waals surface area contributed by atoms with Crippen molar-refractivity contribution < 1.29 is 22.4 Å². The van der Waals surface area contributed by atoms with Crippen LogP contribution in [0.1, 0.15) is 44.7 Å². The third-order valence-electron chi connectivity index (χ3n) is 5.66. The van der Waals surface area contributed by atoms with Gasteiger partial charge in [-0.1, -0.05) is 24.3 Å². The summed E-state index contributed by atoms with van der Waals surface area (Å²) in [4.78, 5) is 25.0. The molecule has 0 atom stereocenters. The number of anilines is 1. The summed E-state index contributed by atoms with van der Waals surface area (Å²) in [6.45, 7) is 1.86. The molecule has 0 bridgehead atoms. The third kappa shape index (κ3) is 6.45. The van der Waals surface area contributed by atoms with Crippen molar-refractivity contribution in [3.05, 3.63) is 88.7 Å². The molecule has 1 saturated carbocycles. The highest BCUT2D eigenvalue weighted by atomic mass is 32.2. The Hall–Kier alpha value is -3.72. The largest absolute Gasteiger partial charge is 0.349 e. The molecule has 0 saturated heterocycles. The van der Waals surface area contributed by atoms with Gasteiger partial charge < -0.3 is 10.6 Å². The molecular weight excluding hydrogens is 469 g/mol. The third-order valence-corrected chi connectivity index (χ3v) is 6.27. The number of carbonyl (C=O) groups is 2. The maximum Gasteiger partial charge on any atom is 0.251 e. The summed E-state index contributed by atoms with van der Waals surface area (Å²) in [5.41, 5.74) is 3.54. The fourth-order valence-corrected chi connectivity index (χ4v) is 4.21. The van der Waals surface area contributed by atoms with Crippen molar-refractivity contribution in [2.45, 2.75) is 32.4 Å². The Labute approximate surface area is 203 Å². The zero-order valence-electron chi connectivity index (χ0n) is 19.4. The highest BCUT2D eigenvalue weighted by molar-refractivity contribution is 7.92. The fraction of sp³-hybridized carbons (Fsp3) is 0.231. The Balaban J connectivity index is 1.45. The number of halogens is 1. The predicted molar refractivity (Wildman–Crippen MR) is 133 cm³/mol. The SMILES string of the molecule is Cc1c(F)cc(C(=O)NC2CC2)cc1-c1ccc(C(=O)NCc2cccc(NS(C)(=O)=O)c2)cc1. The Bertz CT molecular complexity index is 1380. The van der Waals surface area contributed by atoms with Crippen LogP contribution in [-0.2, 0) is 16.6 Å². The molecule has 1 aliphatic rings. The first-order chi connectivity index (χ1) is 16.6. The van der Waals surface area contributed by atoms with Gasteiger partial charge in [0.15, 0.2) is 0 Å². The molecule has 9 heteroatoms. The van der Waals surface area contributed by atoms with E-state index in [0.717, 1.165) is 24.7 Å². The van der Waals surface area contributed by atoms with Crippen molar-refractivity contribution in [2.75, 3.05) is 11.0 Å². The second-order valence-corrected chi connectivity index (χ2v) is 10.5. The number of carbonyl (C=O) groups excluding carboxylic acids is 2. The zero-order valence-corrected chi connectivity index (χ0v) is 20.2. The lowest BCUT2D eigenvalue weighted by Gasteiger charge is -2.12. The van der Waals surface area contributed by atoms with Crippen LogP contribution in [0.4, 0.5) is 10.1 Å². The van der Waals surface area contributed by atoms with Crippen molar-refractivity contribution in [3.8, 4) is 11.1 Å². The highest BCUT2D eigenvalue weighted by Crippen LogP contribution is 2.28. The van der Waals surface area contributed by atoms with Crippen LogP contribution in [0.15, 0.2) is 60.7 Å². The molecule has 1 aliphatic carbocycles. The standard InChI is InChI=1S/C26H26FN3O4S/c1-16-23(13-20(14-24(16)27)26(32)29-21-10-11-21)18-6-8-19(9-7-18)25(31)28-15-17-4-3-5-22(12-17)30-35(2,33)34/h3-9,12-14,21,30H,10-11,15H2,1-2H3,(H,28,31)(H,29,32). The van der Waals surface area contributed by atoms with E-state index < -0.39 is 15.8 Å². The molecule has 0 aromatic heterocycles. The Morgan fingerprint density at radius 1 is 0.971 bits per heavy atom. The summed E-state index contributed by atoms with van der Waals surface area (Å²) in [5, 5.41) is 5.67. The van der Waals surface area contributed by atoms with Gasteiger partial charge in [-0.2, -0.15) is 0 Å². The minimum Gasteiger partial charge on any atom is -0.349 e. The molecule has 3 aromatic carbocycles. The number of hydrogen-bond acceptors (Lipinski definition) is 4. The molecule has 182 valence electrons. The van der Waals surface area contributed by atoms with E-state index in [-0.39, 0.29) is 30.0 Å². The maximum absolute atomic E-state index is 14.5. The van der Waals surface area contributed by atoms with Crippen molar-refractivity contribution in [3.63, 3.8) is 0 Å². The molecule has 7 nitrogen and oxygen atoms in total. The van der Waals surface area contributed by atoms with Crippen LogP contribution >= 0.6 is 0 Å². The van der Waals surface area contributed by atoms with E-state index in [9.17, 15) is 22.4 Å². The van der Waals surface area contributed by atoms with Gasteiger partial charge >= 0.3 is 0 Å².